The molecule has 0 aliphatic heterocycles. The summed E-state index contributed by atoms with van der Waals surface area (Å²) in [6, 6.07) is 5.87. The highest BCUT2D eigenvalue weighted by molar-refractivity contribution is 5.94. The van der Waals surface area contributed by atoms with Crippen molar-refractivity contribution in [1.29, 1.82) is 0 Å². The van der Waals surface area contributed by atoms with Crippen LogP contribution < -0.4 is 0 Å². The molecule has 0 fully saturated rings. The lowest BCUT2D eigenvalue weighted by atomic mass is 10.1. The predicted octanol–water partition coefficient (Wildman–Crippen LogP) is 2.86. The van der Waals surface area contributed by atoms with E-state index in [1.807, 2.05) is 6.92 Å². The fraction of sp³-hybridized carbons (Fsp3) is 0.462. The SMILES string of the molecule is CCCCN(CC)C(=O)c1cccc([N+](=O)[O-])c1. The molecule has 0 heterocycles. The zero-order valence-corrected chi connectivity index (χ0v) is 10.8. The normalized spacial score (nSPS) is 10.1. The van der Waals surface area contributed by atoms with E-state index < -0.39 is 4.92 Å². The Morgan fingerprint density at radius 1 is 1.39 bits per heavy atom. The van der Waals surface area contributed by atoms with Crippen LogP contribution in [-0.4, -0.2) is 28.8 Å². The average Bonchev–Trinajstić information content (AvgIpc) is 2.39. The summed E-state index contributed by atoms with van der Waals surface area (Å²) in [7, 11) is 0. The summed E-state index contributed by atoms with van der Waals surface area (Å²) in [6.07, 6.45) is 1.95. The molecule has 0 unspecified atom stereocenters. The Labute approximate surface area is 107 Å². The third-order valence-corrected chi connectivity index (χ3v) is 2.75. The number of amides is 1. The zero-order chi connectivity index (χ0) is 13.5. The summed E-state index contributed by atoms with van der Waals surface area (Å²) in [5.41, 5.74) is 0.328. The van der Waals surface area contributed by atoms with Crippen molar-refractivity contribution in [3.63, 3.8) is 0 Å². The first-order chi connectivity index (χ1) is 8.60. The summed E-state index contributed by atoms with van der Waals surface area (Å²) in [6.45, 7) is 5.27. The minimum atomic E-state index is -0.487. The standard InChI is InChI=1S/C13H18N2O3/c1-3-5-9-14(4-2)13(16)11-7-6-8-12(10-11)15(17)18/h6-8,10H,3-5,9H2,1-2H3. The van der Waals surface area contributed by atoms with E-state index in [4.69, 9.17) is 0 Å². The van der Waals surface area contributed by atoms with Crippen LogP contribution in [0.3, 0.4) is 0 Å². The topological polar surface area (TPSA) is 63.5 Å². The van der Waals surface area contributed by atoms with Gasteiger partial charge in [0.2, 0.25) is 0 Å². The number of hydrogen-bond acceptors (Lipinski definition) is 3. The predicted molar refractivity (Wildman–Crippen MR) is 69.6 cm³/mol. The molecule has 0 aliphatic rings. The monoisotopic (exact) mass is 250 g/mol. The van der Waals surface area contributed by atoms with Crippen LogP contribution in [0.2, 0.25) is 0 Å². The second-order valence-corrected chi connectivity index (χ2v) is 4.05. The Hall–Kier alpha value is -1.91. The van der Waals surface area contributed by atoms with Crippen molar-refractivity contribution in [3.05, 3.63) is 39.9 Å². The van der Waals surface area contributed by atoms with Gasteiger partial charge < -0.3 is 4.90 Å². The number of nitro groups is 1. The van der Waals surface area contributed by atoms with E-state index in [9.17, 15) is 14.9 Å². The highest BCUT2D eigenvalue weighted by Crippen LogP contribution is 2.15. The van der Waals surface area contributed by atoms with Crippen LogP contribution in [0.25, 0.3) is 0 Å². The smallest absolute Gasteiger partial charge is 0.270 e. The Morgan fingerprint density at radius 3 is 2.67 bits per heavy atom. The minimum absolute atomic E-state index is 0.0487. The molecule has 1 rings (SSSR count). The van der Waals surface area contributed by atoms with Gasteiger partial charge in [-0.1, -0.05) is 19.4 Å². The molecule has 1 amide bonds. The van der Waals surface area contributed by atoms with Gasteiger partial charge >= 0.3 is 0 Å². The van der Waals surface area contributed by atoms with Gasteiger partial charge in [-0.3, -0.25) is 14.9 Å². The van der Waals surface area contributed by atoms with Gasteiger partial charge in [0.1, 0.15) is 0 Å². The number of nitro benzene ring substituents is 1. The summed E-state index contributed by atoms with van der Waals surface area (Å²) >= 11 is 0. The maximum absolute atomic E-state index is 12.2. The first kappa shape index (κ1) is 14.2. The molecule has 98 valence electrons. The number of non-ortho nitro benzene ring substituents is 1. The van der Waals surface area contributed by atoms with Crippen molar-refractivity contribution < 1.29 is 9.72 Å². The van der Waals surface area contributed by atoms with E-state index in [0.717, 1.165) is 12.8 Å². The molecule has 0 saturated carbocycles. The van der Waals surface area contributed by atoms with Crippen LogP contribution in [0.5, 0.6) is 0 Å². The Bertz CT molecular complexity index is 432. The summed E-state index contributed by atoms with van der Waals surface area (Å²) in [5.74, 6) is -0.144. The van der Waals surface area contributed by atoms with E-state index >= 15 is 0 Å². The van der Waals surface area contributed by atoms with Crippen LogP contribution in [0.1, 0.15) is 37.0 Å². The van der Waals surface area contributed by atoms with Crippen molar-refractivity contribution in [2.24, 2.45) is 0 Å². The number of nitrogens with zero attached hydrogens (tertiary/aromatic N) is 2. The molecule has 1 aromatic carbocycles. The molecular formula is C13H18N2O3. The van der Waals surface area contributed by atoms with Crippen LogP contribution in [0.15, 0.2) is 24.3 Å². The highest BCUT2D eigenvalue weighted by atomic mass is 16.6. The van der Waals surface area contributed by atoms with Crippen molar-refractivity contribution in [3.8, 4) is 0 Å². The second-order valence-electron chi connectivity index (χ2n) is 4.05. The Kier molecular flexibility index (Phi) is 5.30. The van der Waals surface area contributed by atoms with Crippen LogP contribution >= 0.6 is 0 Å². The van der Waals surface area contributed by atoms with Gasteiger partial charge in [-0.2, -0.15) is 0 Å². The van der Waals surface area contributed by atoms with Gasteiger partial charge in [0.25, 0.3) is 11.6 Å². The lowest BCUT2D eigenvalue weighted by Crippen LogP contribution is -2.31. The molecule has 0 N–H and O–H groups in total. The lowest BCUT2D eigenvalue weighted by Gasteiger charge is -2.20. The molecule has 5 heteroatoms. The number of carbonyl (C=O) groups is 1. The van der Waals surface area contributed by atoms with Crippen molar-refractivity contribution >= 4 is 11.6 Å². The third-order valence-electron chi connectivity index (χ3n) is 2.75. The molecule has 5 nitrogen and oxygen atoms in total. The Balaban J connectivity index is 2.87. The van der Waals surface area contributed by atoms with Gasteiger partial charge in [0, 0.05) is 30.8 Å². The second kappa shape index (κ2) is 6.74. The quantitative estimate of drug-likeness (QED) is 0.576. The van der Waals surface area contributed by atoms with E-state index in [1.165, 1.54) is 12.1 Å². The minimum Gasteiger partial charge on any atom is -0.339 e. The third kappa shape index (κ3) is 3.55. The fourth-order valence-corrected chi connectivity index (χ4v) is 1.69. The number of carbonyl (C=O) groups excluding carboxylic acids is 1. The van der Waals surface area contributed by atoms with E-state index in [2.05, 4.69) is 6.92 Å². The molecular weight excluding hydrogens is 232 g/mol. The molecule has 0 radical (unpaired) electrons. The van der Waals surface area contributed by atoms with Gasteiger partial charge in [-0.25, -0.2) is 0 Å². The van der Waals surface area contributed by atoms with Crippen molar-refractivity contribution in [2.75, 3.05) is 13.1 Å². The molecule has 0 aromatic heterocycles. The largest absolute Gasteiger partial charge is 0.339 e. The van der Waals surface area contributed by atoms with E-state index in [-0.39, 0.29) is 11.6 Å². The van der Waals surface area contributed by atoms with Crippen LogP contribution in [0.4, 0.5) is 5.69 Å². The van der Waals surface area contributed by atoms with E-state index in [1.54, 1.807) is 17.0 Å². The maximum Gasteiger partial charge on any atom is 0.270 e. The maximum atomic E-state index is 12.2. The zero-order valence-electron chi connectivity index (χ0n) is 10.8. The van der Waals surface area contributed by atoms with Gasteiger partial charge in [-0.05, 0) is 19.4 Å². The van der Waals surface area contributed by atoms with E-state index in [0.29, 0.717) is 18.7 Å². The molecule has 0 bridgehead atoms. The van der Waals surface area contributed by atoms with Gasteiger partial charge in [0.05, 0.1) is 4.92 Å². The van der Waals surface area contributed by atoms with Gasteiger partial charge in [-0.15, -0.1) is 0 Å². The van der Waals surface area contributed by atoms with Crippen molar-refractivity contribution in [2.45, 2.75) is 26.7 Å². The molecule has 0 spiro atoms. The van der Waals surface area contributed by atoms with Gasteiger partial charge in [0.15, 0.2) is 0 Å². The summed E-state index contributed by atoms with van der Waals surface area (Å²) < 4.78 is 0. The van der Waals surface area contributed by atoms with Crippen LogP contribution in [0, 0.1) is 10.1 Å². The summed E-state index contributed by atoms with van der Waals surface area (Å²) in [5, 5.41) is 10.7. The lowest BCUT2D eigenvalue weighted by molar-refractivity contribution is -0.384. The average molecular weight is 250 g/mol. The number of benzene rings is 1. The summed E-state index contributed by atoms with van der Waals surface area (Å²) in [4.78, 5) is 24.1. The molecule has 1 aromatic rings. The molecule has 0 atom stereocenters. The van der Waals surface area contributed by atoms with Crippen molar-refractivity contribution in [1.82, 2.24) is 4.90 Å². The molecule has 18 heavy (non-hydrogen) atoms. The first-order valence-corrected chi connectivity index (χ1v) is 6.13. The molecule has 0 saturated heterocycles. The Morgan fingerprint density at radius 2 is 2.11 bits per heavy atom. The number of hydrogen-bond donors (Lipinski definition) is 0. The number of unbranched alkanes of at least 4 members (excludes halogenated alkanes) is 1. The number of rotatable bonds is 6. The molecule has 0 aliphatic carbocycles. The first-order valence-electron chi connectivity index (χ1n) is 6.13. The highest BCUT2D eigenvalue weighted by Gasteiger charge is 2.16. The van der Waals surface area contributed by atoms with Crippen LogP contribution in [-0.2, 0) is 0 Å². The fourth-order valence-electron chi connectivity index (χ4n) is 1.69.